The van der Waals surface area contributed by atoms with Gasteiger partial charge in [-0.05, 0) is 38.8 Å². The highest BCUT2D eigenvalue weighted by Gasteiger charge is 2.34. The molecule has 1 amide bonds. The van der Waals surface area contributed by atoms with Crippen molar-refractivity contribution >= 4 is 17.3 Å². The number of fused-ring (bicyclic) bond motifs is 1. The fraction of sp³-hybridized carbons (Fsp3) is 0.500. The molecule has 4 nitrogen and oxygen atoms in total. The first-order valence-electron chi connectivity index (χ1n) is 6.39. The number of hydrogen-bond acceptors (Lipinski definition) is 3. The van der Waals surface area contributed by atoms with Gasteiger partial charge in [-0.3, -0.25) is 4.79 Å². The summed E-state index contributed by atoms with van der Waals surface area (Å²) in [5.74, 6) is -0.331. The van der Waals surface area contributed by atoms with Crippen LogP contribution in [0.1, 0.15) is 38.4 Å². The van der Waals surface area contributed by atoms with Gasteiger partial charge in [0.25, 0.3) is 5.91 Å². The smallest absolute Gasteiger partial charge is 0.257 e. The molecule has 1 atom stereocenters. The minimum Gasteiger partial charge on any atom is -0.378 e. The Morgan fingerprint density at radius 2 is 2.22 bits per heavy atom. The summed E-state index contributed by atoms with van der Waals surface area (Å²) in [4.78, 5) is 13.8. The second-order valence-electron chi connectivity index (χ2n) is 5.73. The second kappa shape index (κ2) is 3.72. The zero-order valence-electron chi connectivity index (χ0n) is 10.7. The molecule has 4 heteroatoms. The van der Waals surface area contributed by atoms with Crippen molar-refractivity contribution in [1.82, 2.24) is 0 Å². The fourth-order valence-electron chi connectivity index (χ4n) is 2.99. The summed E-state index contributed by atoms with van der Waals surface area (Å²) in [6.07, 6.45) is 1.36. The van der Waals surface area contributed by atoms with Crippen molar-refractivity contribution < 1.29 is 9.90 Å². The van der Waals surface area contributed by atoms with Gasteiger partial charge in [-0.1, -0.05) is 6.07 Å². The predicted octanol–water partition coefficient (Wildman–Crippen LogP) is 2.05. The summed E-state index contributed by atoms with van der Waals surface area (Å²) < 4.78 is 0. The summed E-state index contributed by atoms with van der Waals surface area (Å²) in [5, 5.41) is 12.4. The number of nitrogens with one attached hydrogen (secondary N) is 1. The Labute approximate surface area is 107 Å². The van der Waals surface area contributed by atoms with Crippen LogP contribution in [0.2, 0.25) is 0 Å². The summed E-state index contributed by atoms with van der Waals surface area (Å²) >= 11 is 0. The third kappa shape index (κ3) is 1.60. The largest absolute Gasteiger partial charge is 0.378 e. The molecule has 2 aliphatic heterocycles. The van der Waals surface area contributed by atoms with Crippen LogP contribution in [0.3, 0.4) is 0 Å². The lowest BCUT2D eigenvalue weighted by Gasteiger charge is -2.34. The highest BCUT2D eigenvalue weighted by molar-refractivity contribution is 6.02. The van der Waals surface area contributed by atoms with Crippen molar-refractivity contribution in [3.8, 4) is 0 Å². The molecule has 1 aromatic rings. The molecule has 2 heterocycles. The quantitative estimate of drug-likeness (QED) is 0.797. The predicted molar refractivity (Wildman–Crippen MR) is 70.7 cm³/mol. The van der Waals surface area contributed by atoms with E-state index in [1.54, 1.807) is 0 Å². The number of rotatable bonds is 1. The minimum absolute atomic E-state index is 0.162. The van der Waals surface area contributed by atoms with Crippen molar-refractivity contribution in [1.29, 1.82) is 0 Å². The summed E-state index contributed by atoms with van der Waals surface area (Å²) in [6.45, 7) is 5.52. The van der Waals surface area contributed by atoms with E-state index in [2.05, 4.69) is 24.1 Å². The van der Waals surface area contributed by atoms with E-state index in [4.69, 9.17) is 0 Å². The Bertz CT molecular complexity index is 511. The van der Waals surface area contributed by atoms with Gasteiger partial charge in [-0.25, -0.2) is 0 Å². The van der Waals surface area contributed by atoms with Gasteiger partial charge >= 0.3 is 0 Å². The zero-order chi connectivity index (χ0) is 12.9. The van der Waals surface area contributed by atoms with Crippen molar-refractivity contribution in [3.05, 3.63) is 23.8 Å². The number of carbonyl (C=O) groups is 1. The average molecular weight is 246 g/mol. The molecule has 0 spiro atoms. The normalized spacial score (nSPS) is 25.2. The molecular weight excluding hydrogens is 228 g/mol. The second-order valence-corrected chi connectivity index (χ2v) is 5.73. The highest BCUT2D eigenvalue weighted by atomic mass is 16.3. The lowest BCUT2D eigenvalue weighted by Crippen LogP contribution is -2.38. The molecule has 0 saturated carbocycles. The molecule has 2 aliphatic rings. The van der Waals surface area contributed by atoms with Crippen LogP contribution in [0.4, 0.5) is 11.4 Å². The Kier molecular flexibility index (Phi) is 2.38. The van der Waals surface area contributed by atoms with Gasteiger partial charge in [-0.2, -0.15) is 0 Å². The maximum atomic E-state index is 11.4. The number of benzene rings is 1. The Hall–Kier alpha value is -1.55. The molecule has 0 aliphatic carbocycles. The van der Waals surface area contributed by atoms with E-state index in [1.807, 2.05) is 18.2 Å². The first-order valence-corrected chi connectivity index (χ1v) is 6.39. The fourth-order valence-corrected chi connectivity index (χ4v) is 2.99. The number of carbonyl (C=O) groups excluding carboxylic acids is 1. The number of aliphatic hydroxyl groups excluding tert-OH is 1. The standard InChI is InChI=1S/C14H18N2O2/c1-14(2)6-3-7-16(14)9-4-5-10-11(8-9)15-13(18)12(10)17/h4-5,8,12,17H,3,6-7H2,1-2H3,(H,15,18). The van der Waals surface area contributed by atoms with Crippen LogP contribution in [-0.2, 0) is 4.79 Å². The summed E-state index contributed by atoms with van der Waals surface area (Å²) in [7, 11) is 0. The van der Waals surface area contributed by atoms with E-state index in [9.17, 15) is 9.90 Å². The van der Waals surface area contributed by atoms with Crippen LogP contribution >= 0.6 is 0 Å². The molecule has 1 unspecified atom stereocenters. The van der Waals surface area contributed by atoms with Crippen LogP contribution < -0.4 is 10.2 Å². The van der Waals surface area contributed by atoms with Gasteiger partial charge in [0.2, 0.25) is 0 Å². The topological polar surface area (TPSA) is 52.6 Å². The van der Waals surface area contributed by atoms with E-state index in [0.717, 1.165) is 17.9 Å². The van der Waals surface area contributed by atoms with Crippen molar-refractivity contribution in [2.45, 2.75) is 38.3 Å². The van der Waals surface area contributed by atoms with Crippen LogP contribution in [-0.4, -0.2) is 23.1 Å². The van der Waals surface area contributed by atoms with Crippen LogP contribution in [0.5, 0.6) is 0 Å². The molecular formula is C14H18N2O2. The molecule has 0 radical (unpaired) electrons. The van der Waals surface area contributed by atoms with Gasteiger partial charge in [0.05, 0.1) is 0 Å². The number of aliphatic hydroxyl groups is 1. The Morgan fingerprint density at radius 3 is 2.89 bits per heavy atom. The highest BCUT2D eigenvalue weighted by Crippen LogP contribution is 2.38. The van der Waals surface area contributed by atoms with E-state index in [0.29, 0.717) is 5.56 Å². The minimum atomic E-state index is -1.01. The maximum absolute atomic E-state index is 11.4. The van der Waals surface area contributed by atoms with Crippen LogP contribution in [0.15, 0.2) is 18.2 Å². The van der Waals surface area contributed by atoms with Crippen molar-refractivity contribution in [2.75, 3.05) is 16.8 Å². The monoisotopic (exact) mass is 246 g/mol. The molecule has 3 rings (SSSR count). The zero-order valence-corrected chi connectivity index (χ0v) is 10.7. The van der Waals surface area contributed by atoms with E-state index < -0.39 is 6.10 Å². The number of hydrogen-bond donors (Lipinski definition) is 2. The van der Waals surface area contributed by atoms with Gasteiger partial charge in [0, 0.05) is 29.0 Å². The number of anilines is 2. The summed E-state index contributed by atoms with van der Waals surface area (Å²) in [5.41, 5.74) is 2.70. The number of amides is 1. The van der Waals surface area contributed by atoms with Gasteiger partial charge in [0.1, 0.15) is 0 Å². The van der Waals surface area contributed by atoms with Crippen LogP contribution in [0.25, 0.3) is 0 Å². The van der Waals surface area contributed by atoms with Crippen molar-refractivity contribution in [3.63, 3.8) is 0 Å². The number of nitrogens with zero attached hydrogens (tertiary/aromatic N) is 1. The lowest BCUT2D eigenvalue weighted by atomic mass is 10.0. The molecule has 18 heavy (non-hydrogen) atoms. The van der Waals surface area contributed by atoms with Crippen LogP contribution in [0, 0.1) is 0 Å². The molecule has 1 saturated heterocycles. The lowest BCUT2D eigenvalue weighted by molar-refractivity contribution is -0.123. The third-order valence-electron chi connectivity index (χ3n) is 4.05. The third-order valence-corrected chi connectivity index (χ3v) is 4.05. The average Bonchev–Trinajstić information content (AvgIpc) is 2.80. The molecule has 2 N–H and O–H groups in total. The van der Waals surface area contributed by atoms with E-state index in [-0.39, 0.29) is 11.4 Å². The van der Waals surface area contributed by atoms with Gasteiger partial charge in [-0.15, -0.1) is 0 Å². The molecule has 1 fully saturated rings. The molecule has 0 aromatic heterocycles. The Balaban J connectivity index is 1.97. The maximum Gasteiger partial charge on any atom is 0.257 e. The Morgan fingerprint density at radius 1 is 1.44 bits per heavy atom. The van der Waals surface area contributed by atoms with E-state index in [1.165, 1.54) is 12.8 Å². The SMILES string of the molecule is CC1(C)CCCN1c1ccc2c(c1)NC(=O)C2O. The van der Waals surface area contributed by atoms with Crippen molar-refractivity contribution in [2.24, 2.45) is 0 Å². The summed E-state index contributed by atoms with van der Waals surface area (Å²) in [6, 6.07) is 5.81. The molecule has 96 valence electrons. The van der Waals surface area contributed by atoms with Gasteiger partial charge < -0.3 is 15.3 Å². The van der Waals surface area contributed by atoms with E-state index >= 15 is 0 Å². The first kappa shape index (κ1) is 11.5. The molecule has 1 aromatic carbocycles. The molecule has 0 bridgehead atoms. The first-order chi connectivity index (χ1) is 8.49. The van der Waals surface area contributed by atoms with Gasteiger partial charge in [0.15, 0.2) is 6.10 Å².